The van der Waals surface area contributed by atoms with Gasteiger partial charge in [-0.15, -0.1) is 0 Å². The average molecular weight is 498 g/mol. The molecule has 0 heterocycles. The average Bonchev–Trinajstić information content (AvgIpc) is 2.70. The van der Waals surface area contributed by atoms with Gasteiger partial charge < -0.3 is 11.1 Å². The Morgan fingerprint density at radius 1 is 0.933 bits per heavy atom. The maximum absolute atomic E-state index is 12.4. The van der Waals surface area contributed by atoms with Crippen LogP contribution in [-0.2, 0) is 14.8 Å². The molecule has 0 fully saturated rings. The molecule has 0 unspecified atom stereocenters. The number of anilines is 1. The van der Waals surface area contributed by atoms with Crippen LogP contribution in [0.1, 0.15) is 23.2 Å². The van der Waals surface area contributed by atoms with Gasteiger partial charge in [-0.05, 0) is 55.0 Å². The predicted octanol–water partition coefficient (Wildman–Crippen LogP) is 1.46. The van der Waals surface area contributed by atoms with E-state index in [0.717, 1.165) is 4.47 Å². The number of primary amides is 1. The lowest BCUT2D eigenvalue weighted by Crippen LogP contribution is -2.41. The predicted molar refractivity (Wildman–Crippen MR) is 114 cm³/mol. The molecule has 30 heavy (non-hydrogen) atoms. The summed E-state index contributed by atoms with van der Waals surface area (Å²) < 4.78 is 27.9. The molecule has 12 heteroatoms. The minimum Gasteiger partial charge on any atom is -0.352 e. The van der Waals surface area contributed by atoms with Crippen LogP contribution >= 0.6 is 15.9 Å². The SMILES string of the molecule is NC(=O)NCCCC(=O)NNC(=O)c1ccc(NS(=O)(=O)c2ccc(Br)cc2)cc1. The van der Waals surface area contributed by atoms with Gasteiger partial charge in [-0.2, -0.15) is 0 Å². The largest absolute Gasteiger partial charge is 0.352 e. The molecule has 0 aliphatic heterocycles. The monoisotopic (exact) mass is 497 g/mol. The van der Waals surface area contributed by atoms with Gasteiger partial charge in [0.15, 0.2) is 0 Å². The highest BCUT2D eigenvalue weighted by Crippen LogP contribution is 2.19. The minimum absolute atomic E-state index is 0.0807. The summed E-state index contributed by atoms with van der Waals surface area (Å²) in [5, 5.41) is 2.35. The second kappa shape index (κ2) is 10.6. The smallest absolute Gasteiger partial charge is 0.312 e. The van der Waals surface area contributed by atoms with Crippen LogP contribution in [0.5, 0.6) is 0 Å². The van der Waals surface area contributed by atoms with E-state index in [1.165, 1.54) is 36.4 Å². The molecule has 10 nitrogen and oxygen atoms in total. The van der Waals surface area contributed by atoms with Gasteiger partial charge in [0, 0.05) is 28.7 Å². The Morgan fingerprint density at radius 3 is 2.17 bits per heavy atom. The lowest BCUT2D eigenvalue weighted by atomic mass is 10.2. The molecule has 6 N–H and O–H groups in total. The van der Waals surface area contributed by atoms with E-state index in [-0.39, 0.29) is 29.1 Å². The van der Waals surface area contributed by atoms with E-state index in [9.17, 15) is 22.8 Å². The first-order chi connectivity index (χ1) is 14.2. The number of nitrogens with two attached hydrogens (primary N) is 1. The number of halogens is 1. The zero-order valence-corrected chi connectivity index (χ0v) is 18.0. The van der Waals surface area contributed by atoms with Gasteiger partial charge in [-0.3, -0.25) is 25.2 Å². The molecule has 0 aliphatic rings. The summed E-state index contributed by atoms with van der Waals surface area (Å²) in [7, 11) is -3.76. The van der Waals surface area contributed by atoms with Crippen LogP contribution in [0.25, 0.3) is 0 Å². The van der Waals surface area contributed by atoms with Crippen LogP contribution in [0, 0.1) is 0 Å². The summed E-state index contributed by atoms with van der Waals surface area (Å²) >= 11 is 3.24. The Bertz CT molecular complexity index is 1010. The Morgan fingerprint density at radius 2 is 1.57 bits per heavy atom. The highest BCUT2D eigenvalue weighted by Gasteiger charge is 2.14. The number of hydrogen-bond donors (Lipinski definition) is 5. The van der Waals surface area contributed by atoms with Crippen LogP contribution < -0.4 is 26.6 Å². The van der Waals surface area contributed by atoms with Crippen LogP contribution in [0.15, 0.2) is 57.9 Å². The lowest BCUT2D eigenvalue weighted by molar-refractivity contribution is -0.121. The minimum atomic E-state index is -3.76. The molecule has 2 rings (SSSR count). The maximum atomic E-state index is 12.4. The van der Waals surface area contributed by atoms with E-state index in [1.807, 2.05) is 0 Å². The number of carbonyl (C=O) groups is 3. The molecule has 2 aromatic carbocycles. The van der Waals surface area contributed by atoms with Crippen LogP contribution in [0.3, 0.4) is 0 Å². The first-order valence-corrected chi connectivity index (χ1v) is 11.0. The first kappa shape index (κ1) is 23.2. The van der Waals surface area contributed by atoms with Crippen molar-refractivity contribution >= 4 is 49.5 Å². The van der Waals surface area contributed by atoms with Crippen molar-refractivity contribution in [2.24, 2.45) is 5.73 Å². The summed E-state index contributed by atoms with van der Waals surface area (Å²) in [5.41, 5.74) is 9.91. The number of amides is 4. The number of sulfonamides is 1. The quantitative estimate of drug-likeness (QED) is 0.275. The van der Waals surface area contributed by atoms with Gasteiger partial charge in [-0.25, -0.2) is 13.2 Å². The van der Waals surface area contributed by atoms with Crippen molar-refractivity contribution in [2.45, 2.75) is 17.7 Å². The molecule has 4 amide bonds. The fourth-order valence-corrected chi connectivity index (χ4v) is 3.56. The Balaban J connectivity index is 1.86. The molecule has 0 saturated carbocycles. The molecule has 0 saturated heterocycles. The van der Waals surface area contributed by atoms with Gasteiger partial charge in [0.1, 0.15) is 0 Å². The number of nitrogens with one attached hydrogen (secondary N) is 4. The first-order valence-electron chi connectivity index (χ1n) is 8.68. The normalized spacial score (nSPS) is 10.7. The Hall–Kier alpha value is -3.12. The molecule has 0 spiro atoms. The second-order valence-electron chi connectivity index (χ2n) is 6.03. The number of hydrazine groups is 1. The molecule has 160 valence electrons. The number of urea groups is 1. The number of carbonyl (C=O) groups excluding carboxylic acids is 3. The summed E-state index contributed by atoms with van der Waals surface area (Å²) in [4.78, 5) is 34.3. The van der Waals surface area contributed by atoms with Crippen molar-refractivity contribution in [1.82, 2.24) is 16.2 Å². The van der Waals surface area contributed by atoms with Crippen LogP contribution in [0.4, 0.5) is 10.5 Å². The van der Waals surface area contributed by atoms with E-state index in [2.05, 4.69) is 36.8 Å². The third-order valence-electron chi connectivity index (χ3n) is 3.72. The summed E-state index contributed by atoms with van der Waals surface area (Å²) in [6.45, 7) is 0.244. The van der Waals surface area contributed by atoms with Crippen LogP contribution in [-0.4, -0.2) is 32.8 Å². The van der Waals surface area contributed by atoms with Crippen molar-refractivity contribution < 1.29 is 22.8 Å². The summed E-state index contributed by atoms with van der Waals surface area (Å²) in [6.07, 6.45) is 0.440. The standard InChI is InChI=1S/C18H20BrN5O5S/c19-13-5-9-15(10-6-13)30(28,29)24-14-7-3-12(4-8-14)17(26)23-22-16(25)2-1-11-21-18(20)27/h3-10,24H,1-2,11H2,(H,22,25)(H,23,26)(H3,20,21,27). The van der Waals surface area contributed by atoms with Gasteiger partial charge in [0.25, 0.3) is 15.9 Å². The molecular weight excluding hydrogens is 478 g/mol. The van der Waals surface area contributed by atoms with Gasteiger partial charge in [0.05, 0.1) is 4.90 Å². The fourth-order valence-electron chi connectivity index (χ4n) is 2.24. The molecule has 0 aromatic heterocycles. The Labute approximate surface area is 181 Å². The zero-order valence-electron chi connectivity index (χ0n) is 15.6. The summed E-state index contributed by atoms with van der Waals surface area (Å²) in [6, 6.07) is 11.2. The van der Waals surface area contributed by atoms with E-state index in [1.54, 1.807) is 12.1 Å². The lowest BCUT2D eigenvalue weighted by Gasteiger charge is -2.10. The molecule has 0 radical (unpaired) electrons. The van der Waals surface area contributed by atoms with Crippen molar-refractivity contribution in [1.29, 1.82) is 0 Å². The van der Waals surface area contributed by atoms with E-state index in [0.29, 0.717) is 6.42 Å². The maximum Gasteiger partial charge on any atom is 0.312 e. The number of hydrogen-bond acceptors (Lipinski definition) is 5. The zero-order chi connectivity index (χ0) is 22.1. The fraction of sp³-hybridized carbons (Fsp3) is 0.167. The van der Waals surface area contributed by atoms with Gasteiger partial charge >= 0.3 is 6.03 Å². The number of rotatable bonds is 8. The molecule has 0 aliphatic carbocycles. The van der Waals surface area contributed by atoms with Crippen molar-refractivity contribution in [3.8, 4) is 0 Å². The second-order valence-corrected chi connectivity index (χ2v) is 8.63. The molecule has 0 atom stereocenters. The summed E-state index contributed by atoms with van der Waals surface area (Å²) in [5.74, 6) is -1.01. The molecular formula is C18H20BrN5O5S. The molecule has 0 bridgehead atoms. The van der Waals surface area contributed by atoms with E-state index in [4.69, 9.17) is 5.73 Å². The van der Waals surface area contributed by atoms with Crippen LogP contribution in [0.2, 0.25) is 0 Å². The van der Waals surface area contributed by atoms with Crippen molar-refractivity contribution in [2.75, 3.05) is 11.3 Å². The number of benzene rings is 2. The Kier molecular flexibility index (Phi) is 8.18. The van der Waals surface area contributed by atoms with E-state index < -0.39 is 27.9 Å². The highest BCUT2D eigenvalue weighted by molar-refractivity contribution is 9.10. The van der Waals surface area contributed by atoms with E-state index >= 15 is 0 Å². The highest BCUT2D eigenvalue weighted by atomic mass is 79.9. The third-order valence-corrected chi connectivity index (χ3v) is 5.64. The molecule has 2 aromatic rings. The third kappa shape index (κ3) is 7.37. The van der Waals surface area contributed by atoms with Gasteiger partial charge in [-0.1, -0.05) is 15.9 Å². The van der Waals surface area contributed by atoms with Crippen molar-refractivity contribution in [3.63, 3.8) is 0 Å². The topological polar surface area (TPSA) is 159 Å². The van der Waals surface area contributed by atoms with Gasteiger partial charge in [0.2, 0.25) is 5.91 Å². The van der Waals surface area contributed by atoms with Crippen molar-refractivity contribution in [3.05, 3.63) is 58.6 Å².